The molecule has 144 valence electrons. The molecule has 0 radical (unpaired) electrons. The summed E-state index contributed by atoms with van der Waals surface area (Å²) in [7, 11) is 0. The Morgan fingerprint density at radius 3 is 2.68 bits per heavy atom. The van der Waals surface area contributed by atoms with Crippen molar-refractivity contribution in [3.05, 3.63) is 73.8 Å². The lowest BCUT2D eigenvalue weighted by atomic mass is 10.2. The number of hydrogen-bond donors (Lipinski definition) is 1. The fourth-order valence-electron chi connectivity index (χ4n) is 2.16. The van der Waals surface area contributed by atoms with Crippen molar-refractivity contribution in [2.45, 2.75) is 0 Å². The molecule has 9 heteroatoms. The molecule has 5 nitrogen and oxygen atoms in total. The minimum Gasteiger partial charge on any atom is -0.483 e. The number of nitrogens with one attached hydrogen (secondary N) is 1. The Morgan fingerprint density at radius 1 is 1.11 bits per heavy atom. The lowest BCUT2D eigenvalue weighted by molar-refractivity contribution is -0.123. The molecule has 1 aromatic heterocycles. The number of ether oxygens (including phenoxy) is 1. The summed E-state index contributed by atoms with van der Waals surface area (Å²) in [5, 5.41) is 5.32. The second kappa shape index (κ2) is 9.47. The third kappa shape index (κ3) is 5.52. The van der Waals surface area contributed by atoms with E-state index in [0.29, 0.717) is 36.8 Å². The molecule has 1 heterocycles. The van der Waals surface area contributed by atoms with Crippen LogP contribution in [0.1, 0.15) is 5.76 Å². The van der Waals surface area contributed by atoms with Crippen LogP contribution < -0.4 is 10.2 Å². The lowest BCUT2D eigenvalue weighted by Gasteiger charge is -2.07. The van der Waals surface area contributed by atoms with Crippen LogP contribution in [0.3, 0.4) is 0 Å². The van der Waals surface area contributed by atoms with Gasteiger partial charge in [0.2, 0.25) is 0 Å². The highest BCUT2D eigenvalue weighted by atomic mass is 79.9. The summed E-state index contributed by atoms with van der Waals surface area (Å²) < 4.78 is 11.7. The summed E-state index contributed by atoms with van der Waals surface area (Å²) >= 11 is 21.1. The minimum atomic E-state index is -0.422. The number of furan rings is 1. The maximum atomic E-state index is 11.8. The SMILES string of the molecule is O=C(COc1ccc(Cl)cc1Br)N/N=C/c1ccc(-c2ccc(Cl)c(Cl)c2)o1. The summed E-state index contributed by atoms with van der Waals surface area (Å²) in [6, 6.07) is 13.7. The van der Waals surface area contributed by atoms with Crippen molar-refractivity contribution in [3.8, 4) is 17.1 Å². The molecule has 0 atom stereocenters. The van der Waals surface area contributed by atoms with Crippen LogP contribution in [0, 0.1) is 0 Å². The maximum Gasteiger partial charge on any atom is 0.277 e. The molecular formula is C19H12BrCl3N2O3. The van der Waals surface area contributed by atoms with Gasteiger partial charge in [0.25, 0.3) is 5.91 Å². The first-order chi connectivity index (χ1) is 13.4. The van der Waals surface area contributed by atoms with E-state index in [1.54, 1.807) is 48.5 Å². The first-order valence-electron chi connectivity index (χ1n) is 7.87. The molecule has 0 aliphatic rings. The van der Waals surface area contributed by atoms with Gasteiger partial charge in [0, 0.05) is 10.6 Å². The number of carbonyl (C=O) groups is 1. The third-order valence-electron chi connectivity index (χ3n) is 3.46. The van der Waals surface area contributed by atoms with Crippen LogP contribution in [0.15, 0.2) is 62.5 Å². The molecule has 0 bridgehead atoms. The van der Waals surface area contributed by atoms with Crippen LogP contribution >= 0.6 is 50.7 Å². The van der Waals surface area contributed by atoms with Gasteiger partial charge in [-0.15, -0.1) is 0 Å². The Bertz CT molecular complexity index is 1040. The number of hydrogen-bond acceptors (Lipinski definition) is 4. The monoisotopic (exact) mass is 500 g/mol. The summed E-state index contributed by atoms with van der Waals surface area (Å²) in [5.74, 6) is 1.14. The predicted octanol–water partition coefficient (Wildman–Crippen LogP) is 6.20. The molecular weight excluding hydrogens is 490 g/mol. The Hall–Kier alpha value is -1.99. The van der Waals surface area contributed by atoms with Gasteiger partial charge in [0.15, 0.2) is 6.61 Å². The summed E-state index contributed by atoms with van der Waals surface area (Å²) in [5.41, 5.74) is 3.14. The predicted molar refractivity (Wildman–Crippen MR) is 115 cm³/mol. The number of carbonyl (C=O) groups excluding carboxylic acids is 1. The minimum absolute atomic E-state index is 0.204. The van der Waals surface area contributed by atoms with Crippen LogP contribution in [0.5, 0.6) is 5.75 Å². The van der Waals surface area contributed by atoms with Crippen LogP contribution in [-0.4, -0.2) is 18.7 Å². The van der Waals surface area contributed by atoms with E-state index in [9.17, 15) is 4.79 Å². The van der Waals surface area contributed by atoms with Crippen LogP contribution in [-0.2, 0) is 4.79 Å². The van der Waals surface area contributed by atoms with E-state index in [4.69, 9.17) is 44.0 Å². The Balaban J connectivity index is 1.53. The largest absolute Gasteiger partial charge is 0.483 e. The second-order valence-corrected chi connectivity index (χ2v) is 7.59. The van der Waals surface area contributed by atoms with Crippen molar-refractivity contribution in [1.82, 2.24) is 5.43 Å². The second-order valence-electron chi connectivity index (χ2n) is 5.49. The van der Waals surface area contributed by atoms with Gasteiger partial charge in [-0.05, 0) is 64.5 Å². The molecule has 0 saturated carbocycles. The molecule has 1 amide bonds. The van der Waals surface area contributed by atoms with E-state index in [2.05, 4.69) is 26.5 Å². The molecule has 3 rings (SSSR count). The van der Waals surface area contributed by atoms with Crippen molar-refractivity contribution in [3.63, 3.8) is 0 Å². The number of rotatable bonds is 6. The number of nitrogens with zero attached hydrogens (tertiary/aromatic N) is 1. The zero-order chi connectivity index (χ0) is 20.1. The van der Waals surface area contributed by atoms with Gasteiger partial charge >= 0.3 is 0 Å². The number of hydrazone groups is 1. The molecule has 0 saturated heterocycles. The fraction of sp³-hybridized carbons (Fsp3) is 0.0526. The van der Waals surface area contributed by atoms with Crippen LogP contribution in [0.4, 0.5) is 0 Å². The quantitative estimate of drug-likeness (QED) is 0.323. The van der Waals surface area contributed by atoms with E-state index in [1.165, 1.54) is 6.21 Å². The zero-order valence-corrected chi connectivity index (χ0v) is 17.9. The van der Waals surface area contributed by atoms with Gasteiger partial charge in [-0.2, -0.15) is 5.10 Å². The molecule has 28 heavy (non-hydrogen) atoms. The number of amides is 1. The van der Waals surface area contributed by atoms with Gasteiger partial charge in [-0.3, -0.25) is 4.79 Å². The van der Waals surface area contributed by atoms with Crippen molar-refractivity contribution in [1.29, 1.82) is 0 Å². The van der Waals surface area contributed by atoms with Crippen LogP contribution in [0.2, 0.25) is 15.1 Å². The molecule has 3 aromatic rings. The van der Waals surface area contributed by atoms with Gasteiger partial charge in [0.05, 0.1) is 20.7 Å². The molecule has 2 aromatic carbocycles. The van der Waals surface area contributed by atoms with Crippen molar-refractivity contribution < 1.29 is 13.9 Å². The van der Waals surface area contributed by atoms with E-state index >= 15 is 0 Å². The van der Waals surface area contributed by atoms with Crippen LogP contribution in [0.25, 0.3) is 11.3 Å². The highest BCUT2D eigenvalue weighted by molar-refractivity contribution is 9.10. The van der Waals surface area contributed by atoms with E-state index in [1.807, 2.05) is 0 Å². The Kier molecular flexibility index (Phi) is 7.02. The highest BCUT2D eigenvalue weighted by Gasteiger charge is 2.07. The van der Waals surface area contributed by atoms with Gasteiger partial charge < -0.3 is 9.15 Å². The van der Waals surface area contributed by atoms with Crippen molar-refractivity contribution in [2.24, 2.45) is 5.10 Å². The van der Waals surface area contributed by atoms with Gasteiger partial charge in [-0.25, -0.2) is 5.43 Å². The molecule has 1 N–H and O–H groups in total. The Morgan fingerprint density at radius 2 is 1.93 bits per heavy atom. The van der Waals surface area contributed by atoms with E-state index in [-0.39, 0.29) is 6.61 Å². The zero-order valence-electron chi connectivity index (χ0n) is 14.1. The molecule has 0 aliphatic heterocycles. The normalized spacial score (nSPS) is 11.0. The molecule has 0 fully saturated rings. The smallest absolute Gasteiger partial charge is 0.277 e. The molecule has 0 aliphatic carbocycles. The average Bonchev–Trinajstić information content (AvgIpc) is 3.12. The van der Waals surface area contributed by atoms with Crippen molar-refractivity contribution in [2.75, 3.05) is 6.61 Å². The number of benzene rings is 2. The lowest BCUT2D eigenvalue weighted by Crippen LogP contribution is -2.24. The van der Waals surface area contributed by atoms with Crippen molar-refractivity contribution >= 4 is 62.9 Å². The third-order valence-corrected chi connectivity index (χ3v) is 5.06. The first kappa shape index (κ1) is 20.7. The highest BCUT2D eigenvalue weighted by Crippen LogP contribution is 2.29. The summed E-state index contributed by atoms with van der Waals surface area (Å²) in [6.45, 7) is -0.204. The molecule has 0 spiro atoms. The Labute approximate surface area is 184 Å². The summed E-state index contributed by atoms with van der Waals surface area (Å²) in [4.78, 5) is 11.8. The van der Waals surface area contributed by atoms with Gasteiger partial charge in [-0.1, -0.05) is 34.8 Å². The first-order valence-corrected chi connectivity index (χ1v) is 9.80. The van der Waals surface area contributed by atoms with E-state index < -0.39 is 5.91 Å². The molecule has 0 unspecified atom stereocenters. The maximum absolute atomic E-state index is 11.8. The van der Waals surface area contributed by atoms with E-state index in [0.717, 1.165) is 5.56 Å². The number of halogens is 4. The fourth-order valence-corrected chi connectivity index (χ4v) is 3.26. The summed E-state index contributed by atoms with van der Waals surface area (Å²) in [6.07, 6.45) is 1.39. The standard InChI is InChI=1S/C19H12BrCl3N2O3/c20-14-8-12(21)2-5-18(14)27-10-19(26)25-24-9-13-3-6-17(28-13)11-1-4-15(22)16(23)7-11/h1-9H,10H2,(H,25,26)/b24-9+. The average molecular weight is 503 g/mol. The van der Waals surface area contributed by atoms with Gasteiger partial charge in [0.1, 0.15) is 17.3 Å². The topological polar surface area (TPSA) is 63.8 Å².